The van der Waals surface area contributed by atoms with Crippen LogP contribution >= 0.6 is 0 Å². The fourth-order valence-corrected chi connectivity index (χ4v) is 3.16. The molecule has 1 aliphatic heterocycles. The Morgan fingerprint density at radius 3 is 2.30 bits per heavy atom. The molecule has 120 valence electrons. The fraction of sp³-hybridized carbons (Fsp3) is 1.00. The van der Waals surface area contributed by atoms with Crippen LogP contribution in [0.25, 0.3) is 0 Å². The van der Waals surface area contributed by atoms with E-state index in [1.807, 2.05) is 0 Å². The van der Waals surface area contributed by atoms with Crippen molar-refractivity contribution in [1.82, 2.24) is 10.2 Å². The summed E-state index contributed by atoms with van der Waals surface area (Å²) in [5.74, 6) is 0. The maximum atomic E-state index is 5.80. The van der Waals surface area contributed by atoms with Gasteiger partial charge in [-0.05, 0) is 32.6 Å². The van der Waals surface area contributed by atoms with Crippen molar-refractivity contribution in [3.8, 4) is 0 Å². The van der Waals surface area contributed by atoms with Gasteiger partial charge in [-0.25, -0.2) is 0 Å². The van der Waals surface area contributed by atoms with E-state index in [9.17, 15) is 0 Å². The minimum absolute atomic E-state index is 0.261. The molecule has 1 N–H and O–H groups in total. The average molecular weight is 284 g/mol. The molecule has 0 radical (unpaired) electrons. The monoisotopic (exact) mass is 284 g/mol. The van der Waals surface area contributed by atoms with E-state index in [4.69, 9.17) is 4.74 Å². The number of nitrogens with zero attached hydrogens (tertiary/aromatic N) is 1. The van der Waals surface area contributed by atoms with Gasteiger partial charge in [0.15, 0.2) is 0 Å². The Morgan fingerprint density at radius 1 is 1.05 bits per heavy atom. The smallest absolute Gasteiger partial charge is 0.0593 e. The van der Waals surface area contributed by atoms with Crippen molar-refractivity contribution >= 4 is 0 Å². The lowest BCUT2D eigenvalue weighted by molar-refractivity contribution is -0.0177. The van der Waals surface area contributed by atoms with Gasteiger partial charge in [0.25, 0.3) is 0 Å². The fourth-order valence-electron chi connectivity index (χ4n) is 3.16. The average Bonchev–Trinajstić information content (AvgIpc) is 2.48. The van der Waals surface area contributed by atoms with Gasteiger partial charge in [0.1, 0.15) is 0 Å². The van der Waals surface area contributed by atoms with Gasteiger partial charge in [-0.1, -0.05) is 34.1 Å². The maximum absolute atomic E-state index is 5.80. The molecule has 0 aliphatic carbocycles. The van der Waals surface area contributed by atoms with Crippen molar-refractivity contribution in [1.29, 1.82) is 0 Å². The minimum atomic E-state index is 0.261. The van der Waals surface area contributed by atoms with E-state index in [-0.39, 0.29) is 5.54 Å². The first-order chi connectivity index (χ1) is 9.55. The molecule has 0 aromatic carbocycles. The van der Waals surface area contributed by atoms with Crippen LogP contribution in [0.2, 0.25) is 0 Å². The summed E-state index contributed by atoms with van der Waals surface area (Å²) in [4.78, 5) is 2.69. The summed E-state index contributed by atoms with van der Waals surface area (Å²) >= 11 is 0. The predicted octanol–water partition coefficient (Wildman–Crippen LogP) is 3.44. The second-order valence-electron chi connectivity index (χ2n) is 6.59. The Kier molecular flexibility index (Phi) is 7.49. The number of hydrogen-bond acceptors (Lipinski definition) is 3. The van der Waals surface area contributed by atoms with Crippen LogP contribution in [0.4, 0.5) is 0 Å². The molecule has 0 aromatic rings. The zero-order valence-electron chi connectivity index (χ0n) is 14.4. The second kappa shape index (κ2) is 8.35. The Hall–Kier alpha value is -0.120. The Balaban J connectivity index is 2.58. The lowest BCUT2D eigenvalue weighted by Gasteiger charge is -2.53. The molecule has 3 heteroatoms. The van der Waals surface area contributed by atoms with E-state index in [1.54, 1.807) is 0 Å². The van der Waals surface area contributed by atoms with E-state index >= 15 is 0 Å². The van der Waals surface area contributed by atoms with Gasteiger partial charge >= 0.3 is 0 Å². The Bertz CT molecular complexity index is 266. The molecular formula is C17H36N2O. The molecule has 1 fully saturated rings. The first-order valence-electron chi connectivity index (χ1n) is 8.63. The van der Waals surface area contributed by atoms with Gasteiger partial charge in [-0.15, -0.1) is 0 Å². The molecule has 0 spiro atoms. The molecule has 1 heterocycles. The van der Waals surface area contributed by atoms with Gasteiger partial charge in [-0.2, -0.15) is 0 Å². The van der Waals surface area contributed by atoms with Crippen molar-refractivity contribution in [3.05, 3.63) is 0 Å². The van der Waals surface area contributed by atoms with Crippen LogP contribution in [0.1, 0.15) is 66.7 Å². The van der Waals surface area contributed by atoms with Crippen LogP contribution in [0.15, 0.2) is 0 Å². The number of ether oxygens (including phenoxy) is 1. The molecule has 20 heavy (non-hydrogen) atoms. The van der Waals surface area contributed by atoms with Crippen LogP contribution in [-0.2, 0) is 4.74 Å². The second-order valence-corrected chi connectivity index (χ2v) is 6.59. The van der Waals surface area contributed by atoms with Crippen molar-refractivity contribution in [2.24, 2.45) is 0 Å². The normalized spacial score (nSPS) is 26.9. The van der Waals surface area contributed by atoms with E-state index in [2.05, 4.69) is 44.8 Å². The van der Waals surface area contributed by atoms with E-state index in [0.717, 1.165) is 32.8 Å². The quantitative estimate of drug-likeness (QED) is 0.656. The number of hydrogen-bond donors (Lipinski definition) is 1. The highest BCUT2D eigenvalue weighted by Crippen LogP contribution is 2.30. The number of rotatable bonds is 9. The van der Waals surface area contributed by atoms with Crippen molar-refractivity contribution in [3.63, 3.8) is 0 Å². The molecule has 3 nitrogen and oxygen atoms in total. The molecule has 1 atom stereocenters. The van der Waals surface area contributed by atoms with Crippen molar-refractivity contribution in [2.45, 2.75) is 77.8 Å². The van der Waals surface area contributed by atoms with Gasteiger partial charge < -0.3 is 10.1 Å². The third-order valence-corrected chi connectivity index (χ3v) is 5.30. The molecule has 0 amide bonds. The third kappa shape index (κ3) is 4.44. The van der Waals surface area contributed by atoms with Crippen molar-refractivity contribution in [2.75, 3.05) is 32.8 Å². The standard InChI is InChI=1S/C17H36N2O/c1-6-10-12-20-13-11-19-15-16(5,7-2)18-14-17(19,8-3)9-4/h18H,6-15H2,1-5H3. The number of unbranched alkanes of at least 4 members (excludes halogenated alkanes) is 1. The van der Waals surface area contributed by atoms with E-state index < -0.39 is 0 Å². The highest BCUT2D eigenvalue weighted by Gasteiger charge is 2.42. The maximum Gasteiger partial charge on any atom is 0.0593 e. The van der Waals surface area contributed by atoms with Gasteiger partial charge in [0, 0.05) is 37.3 Å². The Labute approximate surface area is 126 Å². The predicted molar refractivity (Wildman–Crippen MR) is 87.3 cm³/mol. The molecule has 1 unspecified atom stereocenters. The first-order valence-corrected chi connectivity index (χ1v) is 8.63. The molecule has 1 saturated heterocycles. The van der Waals surface area contributed by atoms with E-state index in [1.165, 1.54) is 32.1 Å². The minimum Gasteiger partial charge on any atom is -0.380 e. The first kappa shape index (κ1) is 17.9. The molecule has 0 aromatic heterocycles. The van der Waals surface area contributed by atoms with Crippen LogP contribution in [0.3, 0.4) is 0 Å². The summed E-state index contributed by atoms with van der Waals surface area (Å²) < 4.78 is 5.80. The molecule has 0 saturated carbocycles. The number of piperazine rings is 1. The van der Waals surface area contributed by atoms with Gasteiger partial charge in [0.2, 0.25) is 0 Å². The summed E-state index contributed by atoms with van der Waals surface area (Å²) in [6, 6.07) is 0. The van der Waals surface area contributed by atoms with Gasteiger partial charge in [-0.3, -0.25) is 4.90 Å². The summed E-state index contributed by atoms with van der Waals surface area (Å²) in [6.07, 6.45) is 6.01. The van der Waals surface area contributed by atoms with Crippen molar-refractivity contribution < 1.29 is 4.74 Å². The summed E-state index contributed by atoms with van der Waals surface area (Å²) in [5, 5.41) is 3.80. The lowest BCUT2D eigenvalue weighted by Crippen LogP contribution is -2.69. The molecule has 1 aliphatic rings. The van der Waals surface area contributed by atoms with Crippen LogP contribution in [0.5, 0.6) is 0 Å². The molecular weight excluding hydrogens is 248 g/mol. The highest BCUT2D eigenvalue weighted by molar-refractivity contribution is 5.02. The molecule has 1 rings (SSSR count). The highest BCUT2D eigenvalue weighted by atomic mass is 16.5. The Morgan fingerprint density at radius 2 is 1.75 bits per heavy atom. The number of nitrogens with one attached hydrogen (secondary N) is 1. The van der Waals surface area contributed by atoms with E-state index in [0.29, 0.717) is 5.54 Å². The van der Waals surface area contributed by atoms with Crippen LogP contribution in [-0.4, -0.2) is 48.8 Å². The topological polar surface area (TPSA) is 24.5 Å². The third-order valence-electron chi connectivity index (χ3n) is 5.30. The molecule has 0 bridgehead atoms. The lowest BCUT2D eigenvalue weighted by atomic mass is 9.82. The zero-order chi connectivity index (χ0) is 15.1. The van der Waals surface area contributed by atoms with Crippen LogP contribution in [0, 0.1) is 0 Å². The van der Waals surface area contributed by atoms with Gasteiger partial charge in [0.05, 0.1) is 6.61 Å². The van der Waals surface area contributed by atoms with Crippen LogP contribution < -0.4 is 5.32 Å². The largest absolute Gasteiger partial charge is 0.380 e. The summed E-state index contributed by atoms with van der Waals surface area (Å²) in [5.41, 5.74) is 0.583. The SMILES string of the molecule is CCCCOCCN1CC(C)(CC)NCC1(CC)CC. The zero-order valence-corrected chi connectivity index (χ0v) is 14.4. The summed E-state index contributed by atoms with van der Waals surface area (Å²) in [7, 11) is 0. The summed E-state index contributed by atoms with van der Waals surface area (Å²) in [6.45, 7) is 16.6.